The normalized spacial score (nSPS) is 12.7. The molecule has 0 fully saturated rings. The first-order chi connectivity index (χ1) is 35.5. The van der Waals surface area contributed by atoms with Gasteiger partial charge < -0.3 is 14.0 Å². The Morgan fingerprint density at radius 2 is 0.722 bits per heavy atom. The minimum atomic E-state index is -0.441. The van der Waals surface area contributed by atoms with Crippen LogP contribution < -0.4 is 4.90 Å². The molecular formula is C69H49N3. The van der Waals surface area contributed by atoms with Crippen LogP contribution in [0.5, 0.6) is 0 Å². The Morgan fingerprint density at radius 3 is 1.19 bits per heavy atom. The number of rotatable bonds is 8. The van der Waals surface area contributed by atoms with Gasteiger partial charge >= 0.3 is 0 Å². The van der Waals surface area contributed by atoms with Crippen LogP contribution in [-0.4, -0.2) is 9.13 Å². The van der Waals surface area contributed by atoms with Gasteiger partial charge in [-0.1, -0.05) is 200 Å². The molecule has 340 valence electrons. The zero-order valence-corrected chi connectivity index (χ0v) is 40.2. The minimum absolute atomic E-state index is 0.441. The fourth-order valence-electron chi connectivity index (χ4n) is 12.1. The lowest BCUT2D eigenvalue weighted by Gasteiger charge is -2.34. The Balaban J connectivity index is 0.933. The van der Waals surface area contributed by atoms with Crippen LogP contribution in [0.3, 0.4) is 0 Å². The summed E-state index contributed by atoms with van der Waals surface area (Å²) in [7, 11) is 0. The third-order valence-electron chi connectivity index (χ3n) is 15.3. The third-order valence-corrected chi connectivity index (χ3v) is 15.3. The second-order valence-corrected chi connectivity index (χ2v) is 19.5. The van der Waals surface area contributed by atoms with E-state index in [1.54, 1.807) is 0 Å². The fraction of sp³-hybridized carbons (Fsp3) is 0.0435. The topological polar surface area (TPSA) is 13.1 Å². The van der Waals surface area contributed by atoms with Crippen molar-refractivity contribution in [3.63, 3.8) is 0 Å². The molecule has 72 heavy (non-hydrogen) atoms. The molecule has 3 heteroatoms. The molecule has 2 heterocycles. The lowest BCUT2D eigenvalue weighted by atomic mass is 9.67. The average Bonchev–Trinajstić information content (AvgIpc) is 4.06. The van der Waals surface area contributed by atoms with E-state index >= 15 is 0 Å². The molecule has 13 aromatic rings. The fourth-order valence-corrected chi connectivity index (χ4v) is 12.1. The number of aromatic nitrogens is 2. The van der Waals surface area contributed by atoms with E-state index in [2.05, 4.69) is 289 Å². The van der Waals surface area contributed by atoms with Gasteiger partial charge in [0.2, 0.25) is 0 Å². The molecule has 0 unspecified atom stereocenters. The highest BCUT2D eigenvalue weighted by molar-refractivity contribution is 6.11. The van der Waals surface area contributed by atoms with Crippen molar-refractivity contribution in [2.75, 3.05) is 4.90 Å². The Hall–Kier alpha value is -9.18. The molecule has 0 radical (unpaired) electrons. The van der Waals surface area contributed by atoms with Crippen LogP contribution in [0.25, 0.3) is 77.2 Å². The van der Waals surface area contributed by atoms with E-state index in [1.807, 2.05) is 0 Å². The molecule has 14 rings (SSSR count). The van der Waals surface area contributed by atoms with Crippen LogP contribution in [0.15, 0.2) is 261 Å². The van der Waals surface area contributed by atoms with E-state index < -0.39 is 5.41 Å². The van der Waals surface area contributed by atoms with Crippen LogP contribution in [0, 0.1) is 13.8 Å². The number of aryl methyl sites for hydroxylation is 2. The van der Waals surface area contributed by atoms with Gasteiger partial charge in [-0.05, 0) is 131 Å². The minimum Gasteiger partial charge on any atom is -0.310 e. The van der Waals surface area contributed by atoms with Crippen LogP contribution >= 0.6 is 0 Å². The molecule has 0 aliphatic heterocycles. The van der Waals surface area contributed by atoms with Gasteiger partial charge in [-0.15, -0.1) is 0 Å². The Bertz CT molecular complexity index is 3940. The van der Waals surface area contributed by atoms with Gasteiger partial charge in [-0.2, -0.15) is 0 Å². The summed E-state index contributed by atoms with van der Waals surface area (Å²) in [5, 5.41) is 4.94. The van der Waals surface area contributed by atoms with E-state index in [4.69, 9.17) is 0 Å². The lowest BCUT2D eigenvalue weighted by Crippen LogP contribution is -2.28. The number of nitrogens with zero attached hydrogens (tertiary/aromatic N) is 3. The molecule has 0 bridgehead atoms. The third kappa shape index (κ3) is 6.37. The van der Waals surface area contributed by atoms with Crippen LogP contribution in [0.1, 0.15) is 33.4 Å². The van der Waals surface area contributed by atoms with Gasteiger partial charge in [0.25, 0.3) is 0 Å². The smallest absolute Gasteiger partial charge is 0.0713 e. The predicted molar refractivity (Wildman–Crippen MR) is 302 cm³/mol. The molecule has 1 aliphatic carbocycles. The Morgan fingerprint density at radius 1 is 0.306 bits per heavy atom. The summed E-state index contributed by atoms with van der Waals surface area (Å²) in [4.78, 5) is 2.43. The first kappa shape index (κ1) is 41.8. The number of hydrogen-bond donors (Lipinski definition) is 0. The van der Waals surface area contributed by atoms with E-state index in [9.17, 15) is 0 Å². The van der Waals surface area contributed by atoms with Crippen LogP contribution in [0.2, 0.25) is 0 Å². The molecule has 0 N–H and O–H groups in total. The van der Waals surface area contributed by atoms with Gasteiger partial charge in [0, 0.05) is 32.9 Å². The SMILES string of the molecule is Cc1ccc(C2(c3ccc(-c4ccc(N(c5cccc(C)c5)c5cc(-n6c7ccccc7c7ccccc76)cc(-n6c7ccccc7c7ccccc76)c5)cc4)cc3)c3ccccc3-c3ccccc32)cc1. The van der Waals surface area contributed by atoms with Crippen molar-refractivity contribution in [3.8, 4) is 33.6 Å². The predicted octanol–water partition coefficient (Wildman–Crippen LogP) is 18.0. The monoisotopic (exact) mass is 919 g/mol. The number of anilines is 3. The maximum atomic E-state index is 2.44. The van der Waals surface area contributed by atoms with Crippen molar-refractivity contribution in [2.24, 2.45) is 0 Å². The first-order valence-electron chi connectivity index (χ1n) is 25.0. The van der Waals surface area contributed by atoms with E-state index in [0.717, 1.165) is 34.0 Å². The van der Waals surface area contributed by atoms with E-state index in [1.165, 1.54) is 93.7 Å². The number of hydrogen-bond acceptors (Lipinski definition) is 1. The number of benzene rings is 11. The molecular weight excluding hydrogens is 871 g/mol. The van der Waals surface area contributed by atoms with Gasteiger partial charge in [-0.3, -0.25) is 0 Å². The summed E-state index contributed by atoms with van der Waals surface area (Å²) in [5.74, 6) is 0. The maximum absolute atomic E-state index is 2.44. The molecule has 0 spiro atoms. The Kier molecular flexibility index (Phi) is 9.56. The van der Waals surface area contributed by atoms with Crippen LogP contribution in [0.4, 0.5) is 17.1 Å². The summed E-state index contributed by atoms with van der Waals surface area (Å²) < 4.78 is 4.89. The quantitative estimate of drug-likeness (QED) is 0.148. The summed E-state index contributed by atoms with van der Waals surface area (Å²) in [6.45, 7) is 4.35. The second-order valence-electron chi connectivity index (χ2n) is 19.5. The number of para-hydroxylation sites is 4. The van der Waals surface area contributed by atoms with Gasteiger partial charge in [-0.25, -0.2) is 0 Å². The zero-order valence-electron chi connectivity index (χ0n) is 40.2. The van der Waals surface area contributed by atoms with Crippen molar-refractivity contribution >= 4 is 60.7 Å². The van der Waals surface area contributed by atoms with Gasteiger partial charge in [0.15, 0.2) is 0 Å². The lowest BCUT2D eigenvalue weighted by molar-refractivity contribution is 0.768. The molecule has 11 aromatic carbocycles. The van der Waals surface area contributed by atoms with Crippen molar-refractivity contribution in [3.05, 3.63) is 294 Å². The molecule has 0 atom stereocenters. The molecule has 0 saturated carbocycles. The van der Waals surface area contributed by atoms with Crippen molar-refractivity contribution < 1.29 is 0 Å². The maximum Gasteiger partial charge on any atom is 0.0713 e. The summed E-state index contributed by atoms with van der Waals surface area (Å²) in [6, 6.07) is 96.7. The van der Waals surface area contributed by atoms with Crippen LogP contribution in [-0.2, 0) is 5.41 Å². The standard InChI is InChI=1S/C69H49N3/c1-46-30-36-50(37-31-46)69(63-24-9-3-18-57(63)58-19-4-10-25-64(58)69)51-38-32-48(33-39-51)49-34-40-52(41-35-49)70(53-17-15-16-47(2)42-53)54-43-55(71-65-26-11-5-20-59(65)60-21-6-12-27-66(60)71)45-56(44-54)72-67-28-13-7-22-61(67)62-23-8-14-29-68(62)72/h3-45H,1-2H3. The summed E-state index contributed by atoms with van der Waals surface area (Å²) >= 11 is 0. The average molecular weight is 920 g/mol. The van der Waals surface area contributed by atoms with Crippen molar-refractivity contribution in [2.45, 2.75) is 19.3 Å². The van der Waals surface area contributed by atoms with Crippen molar-refractivity contribution in [1.82, 2.24) is 9.13 Å². The molecule has 3 nitrogen and oxygen atoms in total. The highest BCUT2D eigenvalue weighted by atomic mass is 15.1. The summed E-state index contributed by atoms with van der Waals surface area (Å²) in [5.41, 5.74) is 22.3. The molecule has 1 aliphatic rings. The molecule has 2 aromatic heterocycles. The number of fused-ring (bicyclic) bond motifs is 9. The van der Waals surface area contributed by atoms with Gasteiger partial charge in [0.1, 0.15) is 0 Å². The second kappa shape index (κ2) is 16.5. The molecule has 0 saturated heterocycles. The van der Waals surface area contributed by atoms with Gasteiger partial charge in [0.05, 0.1) is 44.5 Å². The molecule has 0 amide bonds. The van der Waals surface area contributed by atoms with E-state index in [0.29, 0.717) is 0 Å². The summed E-state index contributed by atoms with van der Waals surface area (Å²) in [6.07, 6.45) is 0. The highest BCUT2D eigenvalue weighted by Crippen LogP contribution is 2.56. The highest BCUT2D eigenvalue weighted by Gasteiger charge is 2.45. The van der Waals surface area contributed by atoms with E-state index in [-0.39, 0.29) is 0 Å². The largest absolute Gasteiger partial charge is 0.310 e. The Labute approximate surface area is 419 Å². The van der Waals surface area contributed by atoms with Crippen molar-refractivity contribution in [1.29, 1.82) is 0 Å². The first-order valence-corrected chi connectivity index (χ1v) is 25.0. The zero-order chi connectivity index (χ0) is 47.9.